The molecule has 0 spiro atoms. The van der Waals surface area contributed by atoms with Gasteiger partial charge in [0.25, 0.3) is 5.56 Å². The normalized spacial score (nSPS) is 17.0. The van der Waals surface area contributed by atoms with Gasteiger partial charge < -0.3 is 14.6 Å². The molecule has 1 aliphatic rings. The highest BCUT2D eigenvalue weighted by Crippen LogP contribution is 2.28. The fourth-order valence-corrected chi connectivity index (χ4v) is 3.58. The molecule has 0 saturated carbocycles. The molecule has 0 radical (unpaired) electrons. The number of rotatable bonds is 6. The van der Waals surface area contributed by atoms with Gasteiger partial charge in [-0.05, 0) is 44.4 Å². The van der Waals surface area contributed by atoms with Crippen LogP contribution in [0, 0.1) is 18.3 Å². The average molecular weight is 417 g/mol. The highest BCUT2D eigenvalue weighted by atomic mass is 35.5. The van der Waals surface area contributed by atoms with Crippen molar-refractivity contribution in [3.8, 4) is 17.7 Å². The SMILES string of the molecule is Cc1c(C(=O)C(C)Oc2ccccc2Cl)c(O)n(CC2CCCO2)c(=O)c1C#N. The van der Waals surface area contributed by atoms with Gasteiger partial charge in [0.2, 0.25) is 11.7 Å². The molecule has 152 valence electrons. The quantitative estimate of drug-likeness (QED) is 0.725. The van der Waals surface area contributed by atoms with Gasteiger partial charge in [0, 0.05) is 6.61 Å². The van der Waals surface area contributed by atoms with E-state index in [0.717, 1.165) is 17.4 Å². The topological polar surface area (TPSA) is 102 Å². The van der Waals surface area contributed by atoms with Crippen LogP contribution in [0.2, 0.25) is 5.02 Å². The summed E-state index contributed by atoms with van der Waals surface area (Å²) in [4.78, 5) is 25.8. The number of hydrogen-bond donors (Lipinski definition) is 1. The number of pyridine rings is 1. The fraction of sp³-hybridized carbons (Fsp3) is 0.381. The van der Waals surface area contributed by atoms with Gasteiger partial charge in [0.15, 0.2) is 6.10 Å². The zero-order valence-corrected chi connectivity index (χ0v) is 16.9. The van der Waals surface area contributed by atoms with Crippen LogP contribution in [-0.2, 0) is 11.3 Å². The van der Waals surface area contributed by atoms with Crippen molar-refractivity contribution >= 4 is 17.4 Å². The number of Topliss-reactive ketones (excluding diaryl/α,β-unsaturated/α-hetero) is 1. The van der Waals surface area contributed by atoms with E-state index in [-0.39, 0.29) is 29.3 Å². The fourth-order valence-electron chi connectivity index (χ4n) is 3.39. The number of aromatic nitrogens is 1. The molecule has 0 aliphatic carbocycles. The molecule has 1 aromatic heterocycles. The van der Waals surface area contributed by atoms with Crippen molar-refractivity contribution in [2.24, 2.45) is 0 Å². The van der Waals surface area contributed by atoms with Crippen LogP contribution in [0.25, 0.3) is 0 Å². The Morgan fingerprint density at radius 1 is 1.48 bits per heavy atom. The van der Waals surface area contributed by atoms with Gasteiger partial charge in [-0.25, -0.2) is 0 Å². The molecular formula is C21H21ClN2O5. The number of ether oxygens (including phenoxy) is 2. The molecule has 2 aromatic rings. The first kappa shape index (κ1) is 20.9. The van der Waals surface area contributed by atoms with E-state index in [9.17, 15) is 20.0 Å². The number of nitriles is 1. The van der Waals surface area contributed by atoms with Crippen LogP contribution in [0.15, 0.2) is 29.1 Å². The van der Waals surface area contributed by atoms with Crippen LogP contribution < -0.4 is 10.3 Å². The van der Waals surface area contributed by atoms with Crippen LogP contribution in [-0.4, -0.2) is 34.3 Å². The van der Waals surface area contributed by atoms with Crippen molar-refractivity contribution in [3.63, 3.8) is 0 Å². The number of carbonyl (C=O) groups is 1. The van der Waals surface area contributed by atoms with E-state index in [1.165, 1.54) is 13.8 Å². The molecule has 7 nitrogen and oxygen atoms in total. The molecule has 2 heterocycles. The average Bonchev–Trinajstić information content (AvgIpc) is 3.20. The minimum atomic E-state index is -1.00. The number of carbonyl (C=O) groups excluding carboxylic acids is 1. The van der Waals surface area contributed by atoms with Crippen molar-refractivity contribution in [2.45, 2.75) is 45.4 Å². The summed E-state index contributed by atoms with van der Waals surface area (Å²) in [5.74, 6) is -0.723. The van der Waals surface area contributed by atoms with E-state index >= 15 is 0 Å². The van der Waals surface area contributed by atoms with Crippen molar-refractivity contribution in [2.75, 3.05) is 6.61 Å². The second-order valence-corrected chi connectivity index (χ2v) is 7.32. The predicted molar refractivity (Wildman–Crippen MR) is 107 cm³/mol. The lowest BCUT2D eigenvalue weighted by molar-refractivity contribution is 0.0805. The molecule has 3 rings (SSSR count). The molecule has 1 saturated heterocycles. The van der Waals surface area contributed by atoms with Gasteiger partial charge in [-0.2, -0.15) is 5.26 Å². The Morgan fingerprint density at radius 3 is 2.83 bits per heavy atom. The van der Waals surface area contributed by atoms with Crippen LogP contribution in [0.3, 0.4) is 0 Å². The number of nitrogens with zero attached hydrogens (tertiary/aromatic N) is 2. The Morgan fingerprint density at radius 2 is 2.21 bits per heavy atom. The summed E-state index contributed by atoms with van der Waals surface area (Å²) in [6.45, 7) is 3.63. The number of halogens is 1. The number of aromatic hydroxyl groups is 1. The van der Waals surface area contributed by atoms with E-state index < -0.39 is 23.3 Å². The Bertz CT molecular complexity index is 1030. The van der Waals surface area contributed by atoms with Crippen LogP contribution in [0.4, 0.5) is 0 Å². The minimum Gasteiger partial charge on any atom is -0.494 e. The lowest BCUT2D eigenvalue weighted by Gasteiger charge is -2.20. The second-order valence-electron chi connectivity index (χ2n) is 6.92. The van der Waals surface area contributed by atoms with Crippen molar-refractivity contribution in [3.05, 3.63) is 56.3 Å². The third-order valence-corrected chi connectivity index (χ3v) is 5.28. The first-order valence-corrected chi connectivity index (χ1v) is 9.66. The van der Waals surface area contributed by atoms with Gasteiger partial charge >= 0.3 is 0 Å². The third kappa shape index (κ3) is 4.14. The maximum Gasteiger partial charge on any atom is 0.271 e. The summed E-state index contributed by atoms with van der Waals surface area (Å²) in [5.41, 5.74) is -0.819. The van der Waals surface area contributed by atoms with Crippen LogP contribution in [0.1, 0.15) is 41.3 Å². The van der Waals surface area contributed by atoms with Crippen LogP contribution in [0.5, 0.6) is 11.6 Å². The molecule has 1 N–H and O–H groups in total. The van der Waals surface area contributed by atoms with E-state index in [1.807, 2.05) is 6.07 Å². The summed E-state index contributed by atoms with van der Waals surface area (Å²) in [5, 5.41) is 20.6. The van der Waals surface area contributed by atoms with Crippen LogP contribution >= 0.6 is 11.6 Å². The van der Waals surface area contributed by atoms with Crippen molar-refractivity contribution in [1.29, 1.82) is 5.26 Å². The monoisotopic (exact) mass is 416 g/mol. The lowest BCUT2D eigenvalue weighted by atomic mass is 9.99. The molecule has 0 amide bonds. The summed E-state index contributed by atoms with van der Waals surface area (Å²) < 4.78 is 12.2. The molecule has 1 aromatic carbocycles. The predicted octanol–water partition coefficient (Wildman–Crippen LogP) is 3.22. The molecule has 8 heteroatoms. The zero-order valence-electron chi connectivity index (χ0n) is 16.1. The highest BCUT2D eigenvalue weighted by molar-refractivity contribution is 6.32. The number of benzene rings is 1. The standard InChI is InChI=1S/C21H21ClN2O5/c1-12-15(10-23)20(26)24(11-14-6-5-9-28-14)21(27)18(12)19(25)13(2)29-17-8-4-3-7-16(17)22/h3-4,7-8,13-14,27H,5-6,9,11H2,1-2H3. The maximum atomic E-state index is 13.1. The Labute approximate surface area is 173 Å². The van der Waals surface area contributed by atoms with E-state index in [4.69, 9.17) is 21.1 Å². The van der Waals surface area contributed by atoms with Crippen molar-refractivity contribution < 1.29 is 19.4 Å². The number of para-hydroxylation sites is 1. The zero-order chi connectivity index (χ0) is 21.1. The molecule has 0 bridgehead atoms. The maximum absolute atomic E-state index is 13.1. The molecule has 1 fully saturated rings. The Hall–Kier alpha value is -2.82. The molecule has 1 aliphatic heterocycles. The van der Waals surface area contributed by atoms with Gasteiger partial charge in [0.05, 0.1) is 23.2 Å². The molecule has 29 heavy (non-hydrogen) atoms. The Balaban J connectivity index is 2.01. The van der Waals surface area contributed by atoms with Crippen molar-refractivity contribution in [1.82, 2.24) is 4.57 Å². The van der Waals surface area contributed by atoms with Gasteiger partial charge in [-0.1, -0.05) is 23.7 Å². The molecular weight excluding hydrogens is 396 g/mol. The summed E-state index contributed by atoms with van der Waals surface area (Å²) in [6.07, 6.45) is 0.329. The lowest BCUT2D eigenvalue weighted by Crippen LogP contribution is -2.33. The Kier molecular flexibility index (Phi) is 6.26. The first-order chi connectivity index (χ1) is 13.8. The van der Waals surface area contributed by atoms with Gasteiger partial charge in [-0.15, -0.1) is 0 Å². The molecule has 2 unspecified atom stereocenters. The summed E-state index contributed by atoms with van der Waals surface area (Å²) >= 11 is 6.08. The summed E-state index contributed by atoms with van der Waals surface area (Å²) in [6, 6.07) is 8.56. The smallest absolute Gasteiger partial charge is 0.271 e. The largest absolute Gasteiger partial charge is 0.494 e. The van der Waals surface area contributed by atoms with Gasteiger partial charge in [0.1, 0.15) is 17.4 Å². The second kappa shape index (κ2) is 8.68. The highest BCUT2D eigenvalue weighted by Gasteiger charge is 2.29. The van der Waals surface area contributed by atoms with E-state index in [1.54, 1.807) is 24.3 Å². The number of ketones is 1. The van der Waals surface area contributed by atoms with Gasteiger partial charge in [-0.3, -0.25) is 14.2 Å². The first-order valence-electron chi connectivity index (χ1n) is 9.28. The van der Waals surface area contributed by atoms with E-state index in [2.05, 4.69) is 0 Å². The molecule has 2 atom stereocenters. The van der Waals surface area contributed by atoms with E-state index in [0.29, 0.717) is 17.4 Å². The summed E-state index contributed by atoms with van der Waals surface area (Å²) in [7, 11) is 0. The number of hydrogen-bond acceptors (Lipinski definition) is 6. The third-order valence-electron chi connectivity index (χ3n) is 4.97. The minimum absolute atomic E-state index is 0.0691.